The zero-order valence-electron chi connectivity index (χ0n) is 9.03. The highest BCUT2D eigenvalue weighted by molar-refractivity contribution is 5.59. The van der Waals surface area contributed by atoms with Crippen LogP contribution in [-0.2, 0) is 13.0 Å². The molecular weight excluding hydrogens is 207 g/mol. The molecule has 2 rings (SSSR count). The predicted molar refractivity (Wildman–Crippen MR) is 59.4 cm³/mol. The van der Waals surface area contributed by atoms with E-state index in [0.29, 0.717) is 17.1 Å². The third-order valence-corrected chi connectivity index (χ3v) is 2.52. The minimum absolute atomic E-state index is 0.172. The van der Waals surface area contributed by atoms with Crippen molar-refractivity contribution >= 4 is 0 Å². The molecular formula is C13H13FO2. The van der Waals surface area contributed by atoms with Crippen LogP contribution >= 0.6 is 0 Å². The van der Waals surface area contributed by atoms with Gasteiger partial charge in [-0.25, -0.2) is 4.39 Å². The van der Waals surface area contributed by atoms with Gasteiger partial charge in [0.25, 0.3) is 0 Å². The number of aliphatic hydroxyl groups excluding tert-OH is 1. The fourth-order valence-electron chi connectivity index (χ4n) is 1.59. The van der Waals surface area contributed by atoms with Gasteiger partial charge in [0.1, 0.15) is 23.9 Å². The van der Waals surface area contributed by atoms with Crippen molar-refractivity contribution in [2.45, 2.75) is 20.0 Å². The van der Waals surface area contributed by atoms with E-state index >= 15 is 0 Å². The molecule has 1 N–H and O–H groups in total. The third kappa shape index (κ3) is 1.99. The molecule has 1 aromatic heterocycles. The van der Waals surface area contributed by atoms with Crippen molar-refractivity contribution in [1.29, 1.82) is 0 Å². The summed E-state index contributed by atoms with van der Waals surface area (Å²) in [5.74, 6) is 0.594. The molecule has 0 bridgehead atoms. The summed E-state index contributed by atoms with van der Waals surface area (Å²) in [5, 5.41) is 8.86. The van der Waals surface area contributed by atoms with Gasteiger partial charge < -0.3 is 9.52 Å². The highest BCUT2D eigenvalue weighted by atomic mass is 19.1. The van der Waals surface area contributed by atoms with Gasteiger partial charge in [-0.1, -0.05) is 13.0 Å². The smallest absolute Gasteiger partial charge is 0.137 e. The molecule has 0 saturated carbocycles. The largest absolute Gasteiger partial charge is 0.459 e. The fourth-order valence-corrected chi connectivity index (χ4v) is 1.59. The van der Waals surface area contributed by atoms with Gasteiger partial charge >= 0.3 is 0 Å². The molecule has 0 aliphatic heterocycles. The minimum Gasteiger partial charge on any atom is -0.459 e. The Morgan fingerprint density at radius 1 is 1.25 bits per heavy atom. The van der Waals surface area contributed by atoms with E-state index in [4.69, 9.17) is 9.52 Å². The van der Waals surface area contributed by atoms with Crippen molar-refractivity contribution in [3.63, 3.8) is 0 Å². The number of benzene rings is 1. The van der Waals surface area contributed by atoms with E-state index in [-0.39, 0.29) is 12.4 Å². The first-order valence-corrected chi connectivity index (χ1v) is 5.23. The van der Waals surface area contributed by atoms with Gasteiger partial charge in [-0.3, -0.25) is 0 Å². The van der Waals surface area contributed by atoms with Gasteiger partial charge in [0.05, 0.1) is 5.56 Å². The molecule has 1 heterocycles. The minimum atomic E-state index is -0.293. The standard InChI is InChI=1S/C13H13FO2/c1-2-9-3-5-11(12(14)7-9)13-6-4-10(8-15)16-13/h3-7,15H,2,8H2,1H3. The molecule has 84 valence electrons. The number of halogens is 1. The molecule has 0 atom stereocenters. The van der Waals surface area contributed by atoms with Crippen molar-refractivity contribution < 1.29 is 13.9 Å². The summed E-state index contributed by atoms with van der Waals surface area (Å²) in [5.41, 5.74) is 1.38. The van der Waals surface area contributed by atoms with E-state index in [2.05, 4.69) is 0 Å². The Hall–Kier alpha value is -1.61. The molecule has 0 fully saturated rings. The van der Waals surface area contributed by atoms with Crippen molar-refractivity contribution in [3.8, 4) is 11.3 Å². The third-order valence-electron chi connectivity index (χ3n) is 2.52. The maximum absolute atomic E-state index is 13.7. The molecule has 0 unspecified atom stereocenters. The quantitative estimate of drug-likeness (QED) is 0.862. The van der Waals surface area contributed by atoms with Gasteiger partial charge in [0.2, 0.25) is 0 Å². The highest BCUT2D eigenvalue weighted by Crippen LogP contribution is 2.25. The Morgan fingerprint density at radius 3 is 2.62 bits per heavy atom. The lowest BCUT2D eigenvalue weighted by Crippen LogP contribution is -1.86. The molecule has 0 saturated heterocycles. The fraction of sp³-hybridized carbons (Fsp3) is 0.231. The van der Waals surface area contributed by atoms with E-state index in [0.717, 1.165) is 12.0 Å². The van der Waals surface area contributed by atoms with Crippen molar-refractivity contribution in [1.82, 2.24) is 0 Å². The van der Waals surface area contributed by atoms with Gasteiger partial charge in [-0.2, -0.15) is 0 Å². The maximum atomic E-state index is 13.7. The SMILES string of the molecule is CCc1ccc(-c2ccc(CO)o2)c(F)c1. The first-order valence-electron chi connectivity index (χ1n) is 5.23. The maximum Gasteiger partial charge on any atom is 0.137 e. The summed E-state index contributed by atoms with van der Waals surface area (Å²) in [6.07, 6.45) is 0.803. The monoisotopic (exact) mass is 220 g/mol. The lowest BCUT2D eigenvalue weighted by atomic mass is 10.1. The van der Waals surface area contributed by atoms with Crippen LogP contribution in [0.15, 0.2) is 34.7 Å². The Balaban J connectivity index is 2.40. The summed E-state index contributed by atoms with van der Waals surface area (Å²) in [6.45, 7) is 1.81. The average molecular weight is 220 g/mol. The summed E-state index contributed by atoms with van der Waals surface area (Å²) in [4.78, 5) is 0. The second kappa shape index (κ2) is 4.49. The van der Waals surface area contributed by atoms with Crippen LogP contribution in [0.3, 0.4) is 0 Å². The number of rotatable bonds is 3. The first kappa shape index (κ1) is 10.9. The highest BCUT2D eigenvalue weighted by Gasteiger charge is 2.09. The van der Waals surface area contributed by atoms with E-state index in [1.165, 1.54) is 6.07 Å². The van der Waals surface area contributed by atoms with E-state index in [1.54, 1.807) is 18.2 Å². The molecule has 0 amide bonds. The summed E-state index contributed by atoms with van der Waals surface area (Å²) < 4.78 is 19.0. The van der Waals surface area contributed by atoms with E-state index in [9.17, 15) is 4.39 Å². The Bertz CT molecular complexity index is 488. The second-order valence-electron chi connectivity index (χ2n) is 3.59. The molecule has 0 radical (unpaired) electrons. The van der Waals surface area contributed by atoms with Gasteiger partial charge in [0, 0.05) is 0 Å². The Labute approximate surface area is 93.3 Å². The first-order chi connectivity index (χ1) is 7.74. The van der Waals surface area contributed by atoms with Gasteiger partial charge in [-0.15, -0.1) is 0 Å². The van der Waals surface area contributed by atoms with Crippen LogP contribution in [0.4, 0.5) is 4.39 Å². The van der Waals surface area contributed by atoms with Crippen LogP contribution in [0.5, 0.6) is 0 Å². The van der Waals surface area contributed by atoms with Gasteiger partial charge in [-0.05, 0) is 36.2 Å². The normalized spacial score (nSPS) is 10.7. The Morgan fingerprint density at radius 2 is 2.06 bits per heavy atom. The topological polar surface area (TPSA) is 33.4 Å². The Kier molecular flexibility index (Phi) is 3.06. The lowest BCUT2D eigenvalue weighted by molar-refractivity contribution is 0.248. The second-order valence-corrected chi connectivity index (χ2v) is 3.59. The van der Waals surface area contributed by atoms with Crippen LogP contribution in [0.2, 0.25) is 0 Å². The number of aryl methyl sites for hydroxylation is 1. The zero-order chi connectivity index (χ0) is 11.5. The van der Waals surface area contributed by atoms with Crippen LogP contribution < -0.4 is 0 Å². The van der Waals surface area contributed by atoms with Gasteiger partial charge in [0.15, 0.2) is 0 Å². The van der Waals surface area contributed by atoms with Crippen molar-refractivity contribution in [2.75, 3.05) is 0 Å². The number of hydrogen-bond donors (Lipinski definition) is 1. The van der Waals surface area contributed by atoms with Crippen LogP contribution in [0.25, 0.3) is 11.3 Å². The molecule has 0 aliphatic rings. The average Bonchev–Trinajstić information content (AvgIpc) is 2.77. The predicted octanol–water partition coefficient (Wildman–Crippen LogP) is 3.14. The number of furan rings is 1. The number of hydrogen-bond acceptors (Lipinski definition) is 2. The van der Waals surface area contributed by atoms with Crippen LogP contribution in [-0.4, -0.2) is 5.11 Å². The molecule has 16 heavy (non-hydrogen) atoms. The molecule has 2 nitrogen and oxygen atoms in total. The van der Waals surface area contributed by atoms with Crippen LogP contribution in [0, 0.1) is 5.82 Å². The number of aliphatic hydroxyl groups is 1. The molecule has 2 aromatic rings. The summed E-state index contributed by atoms with van der Waals surface area (Å²) in [6, 6.07) is 8.39. The summed E-state index contributed by atoms with van der Waals surface area (Å²) >= 11 is 0. The molecule has 0 aliphatic carbocycles. The lowest BCUT2D eigenvalue weighted by Gasteiger charge is -2.02. The molecule has 3 heteroatoms. The van der Waals surface area contributed by atoms with E-state index < -0.39 is 0 Å². The molecule has 1 aromatic carbocycles. The van der Waals surface area contributed by atoms with Crippen LogP contribution in [0.1, 0.15) is 18.2 Å². The van der Waals surface area contributed by atoms with Crippen molar-refractivity contribution in [3.05, 3.63) is 47.5 Å². The molecule has 0 spiro atoms. The summed E-state index contributed by atoms with van der Waals surface area (Å²) in [7, 11) is 0. The zero-order valence-corrected chi connectivity index (χ0v) is 9.03. The van der Waals surface area contributed by atoms with Crippen molar-refractivity contribution in [2.24, 2.45) is 0 Å². The van der Waals surface area contributed by atoms with E-state index in [1.807, 2.05) is 13.0 Å².